The van der Waals surface area contributed by atoms with Gasteiger partial charge >= 0.3 is 0 Å². The molecule has 0 heteroatoms. The monoisotopic (exact) mass is 504 g/mol. The predicted octanol–water partition coefficient (Wildman–Crippen LogP) is 11.6. The van der Waals surface area contributed by atoms with Crippen molar-refractivity contribution < 1.29 is 0 Å². The molecule has 40 heavy (non-hydrogen) atoms. The Morgan fingerprint density at radius 2 is 0.700 bits per heavy atom. The second-order valence-electron chi connectivity index (χ2n) is 11.7. The van der Waals surface area contributed by atoms with Gasteiger partial charge in [0.25, 0.3) is 0 Å². The average molecular weight is 505 g/mol. The van der Waals surface area contributed by atoms with Gasteiger partial charge in [-0.05, 0) is 146 Å². The third-order valence-electron chi connectivity index (χ3n) is 9.85. The number of benzene rings is 8. The summed E-state index contributed by atoms with van der Waals surface area (Å²) in [4.78, 5) is 0. The van der Waals surface area contributed by atoms with Crippen molar-refractivity contribution in [3.8, 4) is 0 Å². The van der Waals surface area contributed by atoms with Crippen LogP contribution in [0.1, 0.15) is 11.1 Å². The van der Waals surface area contributed by atoms with Crippen LogP contribution >= 0.6 is 0 Å². The molecule has 0 aliphatic heterocycles. The Kier molecular flexibility index (Phi) is 3.65. The van der Waals surface area contributed by atoms with E-state index in [1.165, 1.54) is 108 Å². The minimum absolute atomic E-state index is 1.31. The summed E-state index contributed by atoms with van der Waals surface area (Å²) >= 11 is 0. The first kappa shape index (κ1) is 21.0. The Balaban J connectivity index is 1.46. The Morgan fingerprint density at radius 1 is 0.275 bits per heavy atom. The van der Waals surface area contributed by atoms with E-state index in [1.807, 2.05) is 0 Å². The lowest BCUT2D eigenvalue weighted by molar-refractivity contribution is 1.56. The van der Waals surface area contributed by atoms with Gasteiger partial charge in [-0.15, -0.1) is 0 Å². The second-order valence-corrected chi connectivity index (χ2v) is 11.7. The van der Waals surface area contributed by atoms with Crippen LogP contribution < -0.4 is 0 Å². The second kappa shape index (κ2) is 6.97. The maximum atomic E-state index is 2.50. The maximum Gasteiger partial charge on any atom is -0.00197 e. The number of hydrogen-bond donors (Lipinski definition) is 0. The zero-order valence-electron chi connectivity index (χ0n) is 22.4. The van der Waals surface area contributed by atoms with Gasteiger partial charge in [0.15, 0.2) is 0 Å². The van der Waals surface area contributed by atoms with Crippen molar-refractivity contribution in [3.05, 3.63) is 120 Å². The first-order chi connectivity index (χ1) is 19.7. The van der Waals surface area contributed by atoms with Crippen molar-refractivity contribution in [3.63, 3.8) is 0 Å². The molecule has 0 bridgehead atoms. The van der Waals surface area contributed by atoms with Crippen LogP contribution in [0.3, 0.4) is 0 Å². The number of hydrogen-bond acceptors (Lipinski definition) is 0. The minimum Gasteiger partial charge on any atom is -0.0616 e. The fourth-order valence-corrected chi connectivity index (χ4v) is 8.15. The molecule has 0 spiro atoms. The topological polar surface area (TPSA) is 0 Å². The summed E-state index contributed by atoms with van der Waals surface area (Å²) in [6, 6.07) is 41.2. The number of fused-ring (bicyclic) bond motifs is 11. The van der Waals surface area contributed by atoms with Crippen molar-refractivity contribution in [2.75, 3.05) is 0 Å². The van der Waals surface area contributed by atoms with Crippen LogP contribution in [-0.2, 0) is 0 Å². The molecule has 0 unspecified atom stereocenters. The predicted molar refractivity (Wildman–Crippen MR) is 176 cm³/mol. The van der Waals surface area contributed by atoms with E-state index in [4.69, 9.17) is 0 Å². The quantitative estimate of drug-likeness (QED) is 0.180. The molecule has 0 atom stereocenters. The molecule has 0 radical (unpaired) electrons. The summed E-state index contributed by atoms with van der Waals surface area (Å²) in [5.74, 6) is 0. The van der Waals surface area contributed by atoms with Crippen LogP contribution in [0.4, 0.5) is 0 Å². The Labute approximate surface area is 230 Å². The Morgan fingerprint density at radius 3 is 1.32 bits per heavy atom. The largest absolute Gasteiger partial charge is 0.0616 e. The van der Waals surface area contributed by atoms with Crippen LogP contribution in [0.2, 0.25) is 0 Å². The molecule has 0 aromatic heterocycles. The van der Waals surface area contributed by atoms with E-state index in [0.29, 0.717) is 0 Å². The summed E-state index contributed by atoms with van der Waals surface area (Å²) in [6.45, 7) is 4.69. The first-order valence-electron chi connectivity index (χ1n) is 14.2. The standard InChI is InChI=1S/C40H24/c1-21-31-19-33-29-15-7-13-27-25-11-5-3-9-23(25)17-35(39(27)29)34(33)20-32(31)22(2)38-36-18-24-10-4-6-12-26(24)28-14-8-16-30(37(21)38)40(28)36/h3-20H,1-2H3. The van der Waals surface area contributed by atoms with Crippen molar-refractivity contribution in [1.82, 2.24) is 0 Å². The lowest BCUT2D eigenvalue weighted by Crippen LogP contribution is -1.86. The van der Waals surface area contributed by atoms with Crippen LogP contribution in [-0.4, -0.2) is 0 Å². The Bertz CT molecular complexity index is 2710. The molecule has 0 saturated carbocycles. The van der Waals surface area contributed by atoms with Gasteiger partial charge < -0.3 is 0 Å². The van der Waals surface area contributed by atoms with E-state index in [0.717, 1.165) is 0 Å². The molecule has 10 aromatic rings. The molecule has 0 aliphatic rings. The highest BCUT2D eigenvalue weighted by Crippen LogP contribution is 2.49. The fraction of sp³-hybridized carbons (Fsp3) is 0.0500. The molecule has 0 fully saturated rings. The summed E-state index contributed by atoms with van der Waals surface area (Å²) in [7, 11) is 0. The molecule has 0 aliphatic carbocycles. The van der Waals surface area contributed by atoms with Gasteiger partial charge in [0, 0.05) is 0 Å². The van der Waals surface area contributed by atoms with Crippen molar-refractivity contribution in [2.45, 2.75) is 13.8 Å². The van der Waals surface area contributed by atoms with E-state index in [2.05, 4.69) is 123 Å². The van der Waals surface area contributed by atoms with Gasteiger partial charge in [-0.3, -0.25) is 0 Å². The molecule has 10 aromatic carbocycles. The van der Waals surface area contributed by atoms with E-state index in [-0.39, 0.29) is 0 Å². The molecule has 0 nitrogen and oxygen atoms in total. The Hall–Kier alpha value is -4.94. The zero-order chi connectivity index (χ0) is 26.3. The molecule has 184 valence electrons. The average Bonchev–Trinajstić information content (AvgIpc) is 3.50. The smallest absolute Gasteiger partial charge is 0.00197 e. The van der Waals surface area contributed by atoms with Gasteiger partial charge in [-0.2, -0.15) is 0 Å². The van der Waals surface area contributed by atoms with Gasteiger partial charge in [0.05, 0.1) is 0 Å². The van der Waals surface area contributed by atoms with Crippen LogP contribution in [0, 0.1) is 13.8 Å². The summed E-state index contributed by atoms with van der Waals surface area (Å²) in [6.07, 6.45) is 0. The zero-order valence-corrected chi connectivity index (χ0v) is 22.4. The highest BCUT2D eigenvalue weighted by Gasteiger charge is 2.21. The SMILES string of the molecule is Cc1c2cc3c(cc2c(C)c2c4cc5ccccc5c5cccc(c12)c54)c1cc2ccccc2c2cccc3c21. The highest BCUT2D eigenvalue weighted by molar-refractivity contribution is 6.39. The van der Waals surface area contributed by atoms with E-state index >= 15 is 0 Å². The molecule has 0 N–H and O–H groups in total. The molecule has 0 heterocycles. The van der Waals surface area contributed by atoms with Crippen LogP contribution in [0.5, 0.6) is 0 Å². The van der Waals surface area contributed by atoms with E-state index in [1.54, 1.807) is 0 Å². The summed E-state index contributed by atoms with van der Waals surface area (Å²) < 4.78 is 0. The van der Waals surface area contributed by atoms with Gasteiger partial charge in [-0.25, -0.2) is 0 Å². The highest BCUT2D eigenvalue weighted by atomic mass is 14.2. The van der Waals surface area contributed by atoms with E-state index in [9.17, 15) is 0 Å². The molecular formula is C40H24. The molecule has 0 amide bonds. The molecular weight excluding hydrogens is 480 g/mol. The minimum atomic E-state index is 1.31. The number of rotatable bonds is 0. The van der Waals surface area contributed by atoms with Gasteiger partial charge in [0.1, 0.15) is 0 Å². The third-order valence-corrected chi connectivity index (χ3v) is 9.85. The van der Waals surface area contributed by atoms with Crippen molar-refractivity contribution in [2.24, 2.45) is 0 Å². The first-order valence-corrected chi connectivity index (χ1v) is 14.2. The fourth-order valence-electron chi connectivity index (χ4n) is 8.15. The van der Waals surface area contributed by atoms with Crippen molar-refractivity contribution >= 4 is 97.0 Å². The van der Waals surface area contributed by atoms with Gasteiger partial charge in [-0.1, -0.05) is 84.9 Å². The number of aryl methyl sites for hydroxylation is 2. The van der Waals surface area contributed by atoms with Crippen molar-refractivity contribution in [1.29, 1.82) is 0 Å². The lowest BCUT2D eigenvalue weighted by atomic mass is 9.92. The summed E-state index contributed by atoms with van der Waals surface area (Å²) in [5.41, 5.74) is 2.78. The van der Waals surface area contributed by atoms with Crippen LogP contribution in [0.15, 0.2) is 109 Å². The van der Waals surface area contributed by atoms with Gasteiger partial charge in [0.2, 0.25) is 0 Å². The molecule has 10 rings (SSSR count). The normalized spacial score (nSPS) is 12.8. The molecule has 0 saturated heterocycles. The van der Waals surface area contributed by atoms with E-state index < -0.39 is 0 Å². The van der Waals surface area contributed by atoms with Crippen LogP contribution in [0.25, 0.3) is 97.0 Å². The summed E-state index contributed by atoms with van der Waals surface area (Å²) in [5, 5.41) is 24.6. The third kappa shape index (κ3) is 2.32. The lowest BCUT2D eigenvalue weighted by Gasteiger charge is -2.11. The maximum absolute atomic E-state index is 2.50.